The van der Waals surface area contributed by atoms with Gasteiger partial charge < -0.3 is 9.47 Å². The number of sulfonamides is 1. The summed E-state index contributed by atoms with van der Waals surface area (Å²) >= 11 is 0. The van der Waals surface area contributed by atoms with E-state index in [9.17, 15) is 18.5 Å². The van der Waals surface area contributed by atoms with Crippen molar-refractivity contribution in [2.24, 2.45) is 5.14 Å². The third-order valence-electron chi connectivity index (χ3n) is 4.22. The van der Waals surface area contributed by atoms with Gasteiger partial charge in [-0.25, -0.2) is 18.5 Å². The van der Waals surface area contributed by atoms with Crippen molar-refractivity contribution in [1.29, 1.82) is 0 Å². The zero-order valence-electron chi connectivity index (χ0n) is 12.8. The number of nitrogens with zero attached hydrogens (tertiary/aromatic N) is 4. The molecule has 24 heavy (non-hydrogen) atoms. The van der Waals surface area contributed by atoms with Crippen LogP contribution in [0.2, 0.25) is 0 Å². The number of hydrogen-bond donors (Lipinski definition) is 1. The summed E-state index contributed by atoms with van der Waals surface area (Å²) < 4.78 is 25.3. The van der Waals surface area contributed by atoms with E-state index in [1.54, 1.807) is 18.6 Å². The lowest BCUT2D eigenvalue weighted by atomic mass is 10.0. The van der Waals surface area contributed by atoms with Crippen LogP contribution in [-0.2, 0) is 10.0 Å². The average Bonchev–Trinajstić information content (AvgIpc) is 3.08. The first-order valence-corrected chi connectivity index (χ1v) is 8.95. The van der Waals surface area contributed by atoms with Gasteiger partial charge >= 0.3 is 5.69 Å². The largest absolute Gasteiger partial charge is 0.366 e. The van der Waals surface area contributed by atoms with Crippen molar-refractivity contribution in [1.82, 2.24) is 9.55 Å². The lowest BCUT2D eigenvalue weighted by Gasteiger charge is -2.33. The number of nitrogens with two attached hydrogens (primary N) is 1. The standard InChI is InChI=1S/C14H17N5O4S/c15-24(22,23)13-3-1-2-12(14(13)19(20)21)17-7-4-11(5-8-17)18-9-6-16-10-18/h1-3,6,9-11H,4-5,7-8H2,(H2,15,22,23). The topological polar surface area (TPSA) is 124 Å². The zero-order chi connectivity index (χ0) is 17.3. The highest BCUT2D eigenvalue weighted by molar-refractivity contribution is 7.89. The Bertz CT molecular complexity index is 842. The molecule has 128 valence electrons. The summed E-state index contributed by atoms with van der Waals surface area (Å²) in [4.78, 5) is 16.2. The van der Waals surface area contributed by atoms with E-state index in [-0.39, 0.29) is 11.7 Å². The second-order valence-electron chi connectivity index (χ2n) is 5.65. The summed E-state index contributed by atoms with van der Waals surface area (Å²) in [6.07, 6.45) is 6.93. The second-order valence-corrected chi connectivity index (χ2v) is 7.18. The second kappa shape index (κ2) is 6.21. The lowest BCUT2D eigenvalue weighted by molar-refractivity contribution is -0.387. The van der Waals surface area contributed by atoms with Crippen molar-refractivity contribution in [3.05, 3.63) is 47.0 Å². The van der Waals surface area contributed by atoms with Crippen molar-refractivity contribution in [3.8, 4) is 0 Å². The molecule has 0 aliphatic carbocycles. The highest BCUT2D eigenvalue weighted by Gasteiger charge is 2.31. The summed E-state index contributed by atoms with van der Waals surface area (Å²) in [6, 6.07) is 4.48. The van der Waals surface area contributed by atoms with E-state index in [1.807, 2.05) is 15.7 Å². The van der Waals surface area contributed by atoms with Crippen LogP contribution in [0.15, 0.2) is 41.8 Å². The van der Waals surface area contributed by atoms with Gasteiger partial charge in [0.05, 0.1) is 11.3 Å². The Hall–Kier alpha value is -2.46. The van der Waals surface area contributed by atoms with E-state index >= 15 is 0 Å². The molecule has 1 aromatic carbocycles. The van der Waals surface area contributed by atoms with Crippen LogP contribution in [0, 0.1) is 10.1 Å². The third kappa shape index (κ3) is 3.10. The minimum absolute atomic E-state index is 0.282. The van der Waals surface area contributed by atoms with E-state index in [0.717, 1.165) is 18.9 Å². The first kappa shape index (κ1) is 16.4. The van der Waals surface area contributed by atoms with Crippen LogP contribution in [0.4, 0.5) is 11.4 Å². The van der Waals surface area contributed by atoms with Crippen LogP contribution in [0.5, 0.6) is 0 Å². The van der Waals surface area contributed by atoms with E-state index < -0.39 is 25.5 Å². The van der Waals surface area contributed by atoms with Crippen LogP contribution in [0.3, 0.4) is 0 Å². The van der Waals surface area contributed by atoms with Crippen LogP contribution in [-0.4, -0.2) is 36.0 Å². The van der Waals surface area contributed by atoms with Crippen LogP contribution >= 0.6 is 0 Å². The first-order valence-electron chi connectivity index (χ1n) is 7.40. The van der Waals surface area contributed by atoms with Gasteiger partial charge in [0.1, 0.15) is 5.69 Å². The summed E-state index contributed by atoms with van der Waals surface area (Å²) in [5.41, 5.74) is -0.170. The fraction of sp³-hybridized carbons (Fsp3) is 0.357. The molecule has 0 bridgehead atoms. The molecule has 0 saturated carbocycles. The fourth-order valence-electron chi connectivity index (χ4n) is 3.07. The van der Waals surface area contributed by atoms with Gasteiger partial charge in [-0.05, 0) is 25.0 Å². The number of benzene rings is 1. The molecule has 0 unspecified atom stereocenters. The summed E-state index contributed by atoms with van der Waals surface area (Å²) in [5, 5.41) is 16.5. The van der Waals surface area contributed by atoms with Gasteiger partial charge in [0, 0.05) is 31.5 Å². The molecule has 0 atom stereocenters. The fourth-order valence-corrected chi connectivity index (χ4v) is 3.79. The van der Waals surface area contributed by atoms with Crippen molar-refractivity contribution in [2.75, 3.05) is 18.0 Å². The Morgan fingerprint density at radius 2 is 2.00 bits per heavy atom. The lowest BCUT2D eigenvalue weighted by Crippen LogP contribution is -2.35. The molecular formula is C14H17N5O4S. The number of para-hydroxylation sites is 1. The maximum atomic E-state index is 11.6. The van der Waals surface area contributed by atoms with Gasteiger partial charge in [0.25, 0.3) is 0 Å². The normalized spacial score (nSPS) is 16.3. The Morgan fingerprint density at radius 3 is 2.54 bits per heavy atom. The molecule has 1 aromatic heterocycles. The van der Waals surface area contributed by atoms with Gasteiger partial charge in [-0.2, -0.15) is 0 Å². The number of anilines is 1. The number of nitro benzene ring substituents is 1. The first-order chi connectivity index (χ1) is 11.4. The number of piperidine rings is 1. The zero-order valence-corrected chi connectivity index (χ0v) is 13.6. The number of aromatic nitrogens is 2. The summed E-state index contributed by atoms with van der Waals surface area (Å²) in [5.74, 6) is 0. The van der Waals surface area contributed by atoms with Gasteiger partial charge in [0.2, 0.25) is 10.0 Å². The molecule has 10 heteroatoms. The van der Waals surface area contributed by atoms with Crippen molar-refractivity contribution in [2.45, 2.75) is 23.8 Å². The molecule has 0 amide bonds. The molecule has 1 fully saturated rings. The van der Waals surface area contributed by atoms with Gasteiger partial charge in [0.15, 0.2) is 4.90 Å². The van der Waals surface area contributed by atoms with Gasteiger partial charge in [-0.3, -0.25) is 10.1 Å². The molecule has 1 aliphatic rings. The Kier molecular flexibility index (Phi) is 4.24. The van der Waals surface area contributed by atoms with E-state index in [1.165, 1.54) is 6.07 Å². The molecule has 2 N–H and O–H groups in total. The molecule has 1 saturated heterocycles. The molecule has 0 spiro atoms. The molecule has 2 heterocycles. The Morgan fingerprint density at radius 1 is 1.29 bits per heavy atom. The highest BCUT2D eigenvalue weighted by Crippen LogP contribution is 2.36. The van der Waals surface area contributed by atoms with Crippen LogP contribution in [0.1, 0.15) is 18.9 Å². The Balaban J connectivity index is 1.89. The SMILES string of the molecule is NS(=O)(=O)c1cccc(N2CCC(n3ccnc3)CC2)c1[N+](=O)[O-]. The number of rotatable bonds is 4. The predicted octanol–water partition coefficient (Wildman–Crippen LogP) is 1.28. The smallest absolute Gasteiger partial charge is 0.312 e. The van der Waals surface area contributed by atoms with Crippen LogP contribution < -0.4 is 10.0 Å². The highest BCUT2D eigenvalue weighted by atomic mass is 32.2. The van der Waals surface area contributed by atoms with Gasteiger partial charge in [-0.15, -0.1) is 0 Å². The number of nitro groups is 1. The van der Waals surface area contributed by atoms with E-state index in [2.05, 4.69) is 4.98 Å². The maximum Gasteiger partial charge on any atom is 0.312 e. The van der Waals surface area contributed by atoms with E-state index in [0.29, 0.717) is 13.1 Å². The van der Waals surface area contributed by atoms with E-state index in [4.69, 9.17) is 5.14 Å². The monoisotopic (exact) mass is 351 g/mol. The maximum absolute atomic E-state index is 11.6. The van der Waals surface area contributed by atoms with Crippen molar-refractivity contribution >= 4 is 21.4 Å². The predicted molar refractivity (Wildman–Crippen MR) is 87.2 cm³/mol. The van der Waals surface area contributed by atoms with Gasteiger partial charge in [-0.1, -0.05) is 6.07 Å². The number of imidazole rings is 1. The minimum atomic E-state index is -4.17. The number of hydrogen-bond acceptors (Lipinski definition) is 6. The molecule has 1 aliphatic heterocycles. The summed E-state index contributed by atoms with van der Waals surface area (Å²) in [6.45, 7) is 1.16. The molecule has 9 nitrogen and oxygen atoms in total. The van der Waals surface area contributed by atoms with Crippen LogP contribution in [0.25, 0.3) is 0 Å². The number of primary sulfonamides is 1. The molecule has 2 aromatic rings. The molecule has 0 radical (unpaired) electrons. The summed E-state index contributed by atoms with van der Waals surface area (Å²) in [7, 11) is -4.17. The average molecular weight is 351 g/mol. The van der Waals surface area contributed by atoms with Crippen molar-refractivity contribution < 1.29 is 13.3 Å². The molecular weight excluding hydrogens is 334 g/mol. The van der Waals surface area contributed by atoms with Crippen molar-refractivity contribution in [3.63, 3.8) is 0 Å². The third-order valence-corrected chi connectivity index (χ3v) is 5.16. The quantitative estimate of drug-likeness (QED) is 0.653. The molecule has 3 rings (SSSR count). The minimum Gasteiger partial charge on any atom is -0.366 e. The Labute approximate surface area is 138 Å².